The Balaban J connectivity index is 1.49. The van der Waals surface area contributed by atoms with Crippen LogP contribution < -0.4 is 9.47 Å². The van der Waals surface area contributed by atoms with Crippen molar-refractivity contribution in [2.75, 3.05) is 6.61 Å². The third-order valence-electron chi connectivity index (χ3n) is 5.27. The molecule has 1 N–H and O–H groups in total. The number of hydrogen-bond acceptors (Lipinski definition) is 4. The van der Waals surface area contributed by atoms with Crippen molar-refractivity contribution in [1.82, 2.24) is 4.98 Å². The molecule has 0 amide bonds. The number of halogens is 1. The second-order valence-corrected chi connectivity index (χ2v) is 8.49. The lowest BCUT2D eigenvalue weighted by Gasteiger charge is -2.13. The quantitative estimate of drug-likeness (QED) is 0.506. The molecule has 0 radical (unpaired) electrons. The number of hydrogen-bond donors (Lipinski definition) is 1. The van der Waals surface area contributed by atoms with E-state index in [1.807, 2.05) is 12.1 Å². The minimum atomic E-state index is -0.840. The van der Waals surface area contributed by atoms with Crippen LogP contribution in [0.4, 0.5) is 0 Å². The minimum absolute atomic E-state index is 0.0383. The molecule has 2 heterocycles. The highest BCUT2D eigenvalue weighted by Gasteiger charge is 2.27. The molecule has 4 rings (SSSR count). The molecule has 1 aliphatic heterocycles. The lowest BCUT2D eigenvalue weighted by molar-refractivity contribution is -0.137. The number of benzene rings is 2. The van der Waals surface area contributed by atoms with E-state index in [0.29, 0.717) is 24.8 Å². The number of aryl methyl sites for hydroxylation is 2. The number of pyridine rings is 1. The van der Waals surface area contributed by atoms with Gasteiger partial charge in [0.1, 0.15) is 12.4 Å². The van der Waals surface area contributed by atoms with Gasteiger partial charge in [-0.1, -0.05) is 34.1 Å². The molecule has 0 saturated heterocycles. The third-order valence-corrected chi connectivity index (χ3v) is 5.73. The number of carbonyl (C=O) groups is 1. The maximum absolute atomic E-state index is 11.0. The Hall–Kier alpha value is -2.86. The Morgan fingerprint density at radius 1 is 1.23 bits per heavy atom. The van der Waals surface area contributed by atoms with Crippen LogP contribution in [-0.2, 0) is 11.4 Å². The first-order chi connectivity index (χ1) is 14.4. The third kappa shape index (κ3) is 4.33. The van der Waals surface area contributed by atoms with Crippen LogP contribution in [0.2, 0.25) is 0 Å². The van der Waals surface area contributed by atoms with Crippen LogP contribution in [0.15, 0.2) is 53.1 Å². The minimum Gasteiger partial charge on any atom is -0.492 e. The number of rotatable bonds is 6. The second-order valence-electron chi connectivity index (χ2n) is 7.57. The van der Waals surface area contributed by atoms with Crippen LogP contribution >= 0.6 is 15.9 Å². The molecule has 154 valence electrons. The average Bonchev–Trinajstić information content (AvgIpc) is 3.07. The van der Waals surface area contributed by atoms with Crippen LogP contribution in [0.5, 0.6) is 11.6 Å². The van der Waals surface area contributed by atoms with Crippen molar-refractivity contribution in [3.8, 4) is 22.8 Å². The Labute approximate surface area is 183 Å². The predicted octanol–water partition coefficient (Wildman–Crippen LogP) is 5.66. The van der Waals surface area contributed by atoms with Gasteiger partial charge in [0.2, 0.25) is 5.88 Å². The van der Waals surface area contributed by atoms with E-state index in [-0.39, 0.29) is 12.3 Å². The largest absolute Gasteiger partial charge is 0.492 e. The molecule has 0 spiro atoms. The monoisotopic (exact) mass is 467 g/mol. The van der Waals surface area contributed by atoms with Crippen LogP contribution in [0, 0.1) is 13.8 Å². The van der Waals surface area contributed by atoms with Gasteiger partial charge in [0.15, 0.2) is 0 Å². The van der Waals surface area contributed by atoms with E-state index in [1.54, 1.807) is 12.3 Å². The van der Waals surface area contributed by atoms with Gasteiger partial charge in [0.25, 0.3) is 0 Å². The molecule has 30 heavy (non-hydrogen) atoms. The van der Waals surface area contributed by atoms with Gasteiger partial charge in [0.05, 0.1) is 13.0 Å². The molecule has 2 aromatic carbocycles. The van der Waals surface area contributed by atoms with Gasteiger partial charge in [-0.25, -0.2) is 4.98 Å². The summed E-state index contributed by atoms with van der Waals surface area (Å²) in [5, 5.41) is 9.01. The van der Waals surface area contributed by atoms with Crippen molar-refractivity contribution in [3.05, 3.63) is 75.4 Å². The first kappa shape index (κ1) is 20.4. The molecule has 1 aliphatic rings. The van der Waals surface area contributed by atoms with Crippen LogP contribution in [-0.4, -0.2) is 22.7 Å². The Bertz CT molecular complexity index is 1090. The predicted molar refractivity (Wildman–Crippen MR) is 118 cm³/mol. The topological polar surface area (TPSA) is 68.7 Å². The SMILES string of the molecule is Cc1cc(Br)cc(C)c1-c1cccc(COc2cc3c(cn2)[C@H](CC(=O)O)CO3)c1. The van der Waals surface area contributed by atoms with Gasteiger partial charge in [-0.15, -0.1) is 0 Å². The Morgan fingerprint density at radius 3 is 2.73 bits per heavy atom. The second kappa shape index (κ2) is 8.48. The summed E-state index contributed by atoms with van der Waals surface area (Å²) >= 11 is 3.56. The van der Waals surface area contributed by atoms with Crippen molar-refractivity contribution in [3.63, 3.8) is 0 Å². The van der Waals surface area contributed by atoms with Crippen LogP contribution in [0.25, 0.3) is 11.1 Å². The molecule has 3 aromatic rings. The fraction of sp³-hybridized carbons (Fsp3) is 0.250. The summed E-state index contributed by atoms with van der Waals surface area (Å²) in [6.07, 6.45) is 1.70. The molecule has 0 aliphatic carbocycles. The number of aromatic nitrogens is 1. The van der Waals surface area contributed by atoms with Gasteiger partial charge in [0, 0.05) is 28.2 Å². The lowest BCUT2D eigenvalue weighted by atomic mass is 9.95. The molecule has 0 bridgehead atoms. The molecule has 0 fully saturated rings. The van der Waals surface area contributed by atoms with Crippen molar-refractivity contribution in [2.24, 2.45) is 0 Å². The van der Waals surface area contributed by atoms with E-state index in [9.17, 15) is 4.79 Å². The fourth-order valence-corrected chi connectivity index (χ4v) is 4.63. The van der Waals surface area contributed by atoms with Crippen molar-refractivity contribution < 1.29 is 19.4 Å². The lowest BCUT2D eigenvalue weighted by Crippen LogP contribution is -2.07. The first-order valence-corrected chi connectivity index (χ1v) is 10.5. The molecule has 6 heteroatoms. The van der Waals surface area contributed by atoms with Crippen LogP contribution in [0.3, 0.4) is 0 Å². The summed E-state index contributed by atoms with van der Waals surface area (Å²) in [4.78, 5) is 15.3. The van der Waals surface area contributed by atoms with Crippen molar-refractivity contribution in [2.45, 2.75) is 32.8 Å². The van der Waals surface area contributed by atoms with Crippen LogP contribution in [0.1, 0.15) is 34.6 Å². The summed E-state index contributed by atoms with van der Waals surface area (Å²) in [6, 6.07) is 14.3. The normalized spacial score (nSPS) is 14.8. The molecule has 1 aromatic heterocycles. The average molecular weight is 468 g/mol. The van der Waals surface area contributed by atoms with E-state index < -0.39 is 5.97 Å². The summed E-state index contributed by atoms with van der Waals surface area (Å²) < 4.78 is 12.6. The highest BCUT2D eigenvalue weighted by Crippen LogP contribution is 2.37. The fourth-order valence-electron chi connectivity index (χ4n) is 3.94. The molecular formula is C24H22BrNO4. The number of nitrogens with zero attached hydrogens (tertiary/aromatic N) is 1. The molecular weight excluding hydrogens is 446 g/mol. The number of ether oxygens (including phenoxy) is 2. The summed E-state index contributed by atoms with van der Waals surface area (Å²) in [5.41, 5.74) is 6.68. The zero-order valence-electron chi connectivity index (χ0n) is 16.8. The number of aliphatic carboxylic acids is 1. The smallest absolute Gasteiger partial charge is 0.304 e. The highest BCUT2D eigenvalue weighted by molar-refractivity contribution is 9.10. The Morgan fingerprint density at radius 2 is 2.00 bits per heavy atom. The number of carboxylic acid groups (broad SMARTS) is 1. The maximum Gasteiger partial charge on any atom is 0.304 e. The van der Waals surface area contributed by atoms with E-state index in [1.165, 1.54) is 16.7 Å². The molecule has 1 atom stereocenters. The standard InChI is InChI=1S/C24H22BrNO4/c1-14-6-19(25)7-15(2)24(14)17-5-3-4-16(8-17)12-30-22-10-21-20(11-26-22)18(13-29-21)9-23(27)28/h3-8,10-11,18H,9,12-13H2,1-2H3,(H,27,28)/t18-/m1/s1. The first-order valence-electron chi connectivity index (χ1n) is 9.74. The van der Waals surface area contributed by atoms with E-state index in [4.69, 9.17) is 14.6 Å². The van der Waals surface area contributed by atoms with Gasteiger partial charge in [-0.05, 0) is 59.9 Å². The number of carboxylic acids is 1. The Kier molecular flexibility index (Phi) is 5.77. The van der Waals surface area contributed by atoms with E-state index in [0.717, 1.165) is 21.2 Å². The summed E-state index contributed by atoms with van der Waals surface area (Å²) in [7, 11) is 0. The number of fused-ring (bicyclic) bond motifs is 1. The zero-order chi connectivity index (χ0) is 21.3. The summed E-state index contributed by atoms with van der Waals surface area (Å²) in [5.74, 6) is 0.119. The van der Waals surface area contributed by atoms with Crippen molar-refractivity contribution >= 4 is 21.9 Å². The molecule has 0 unspecified atom stereocenters. The van der Waals surface area contributed by atoms with E-state index >= 15 is 0 Å². The maximum atomic E-state index is 11.0. The van der Waals surface area contributed by atoms with Gasteiger partial charge >= 0.3 is 5.97 Å². The van der Waals surface area contributed by atoms with Gasteiger partial charge in [-0.2, -0.15) is 0 Å². The summed E-state index contributed by atoms with van der Waals surface area (Å²) in [6.45, 7) is 4.97. The van der Waals surface area contributed by atoms with Gasteiger partial charge < -0.3 is 14.6 Å². The molecule has 5 nitrogen and oxygen atoms in total. The van der Waals surface area contributed by atoms with E-state index in [2.05, 4.69) is 59.0 Å². The molecule has 0 saturated carbocycles. The van der Waals surface area contributed by atoms with Crippen molar-refractivity contribution in [1.29, 1.82) is 0 Å². The van der Waals surface area contributed by atoms with Gasteiger partial charge in [-0.3, -0.25) is 4.79 Å². The highest BCUT2D eigenvalue weighted by atomic mass is 79.9. The zero-order valence-corrected chi connectivity index (χ0v) is 18.4.